The second-order valence-electron chi connectivity index (χ2n) is 9.27. The number of carbonyl (C=O) groups excluding carboxylic acids is 3. The quantitative estimate of drug-likeness (QED) is 0.560. The minimum absolute atomic E-state index is 0.0264. The number of hydrazine groups is 1. The van der Waals surface area contributed by atoms with Crippen molar-refractivity contribution in [2.45, 2.75) is 65.6 Å². The third kappa shape index (κ3) is 7.15. The molecule has 1 unspecified atom stereocenters. The van der Waals surface area contributed by atoms with E-state index in [-0.39, 0.29) is 23.8 Å². The Kier molecular flexibility index (Phi) is 9.71. The Bertz CT molecular complexity index is 612. The van der Waals surface area contributed by atoms with Gasteiger partial charge in [0, 0.05) is 58.8 Å². The Hall–Kier alpha value is -1.71. The lowest BCUT2D eigenvalue weighted by atomic mass is 10.0. The van der Waals surface area contributed by atoms with Crippen LogP contribution in [0.15, 0.2) is 0 Å². The summed E-state index contributed by atoms with van der Waals surface area (Å²) >= 11 is 0. The van der Waals surface area contributed by atoms with E-state index in [1.54, 1.807) is 27.8 Å². The maximum atomic E-state index is 12.8. The fourth-order valence-corrected chi connectivity index (χ4v) is 4.33. The lowest BCUT2D eigenvalue weighted by molar-refractivity contribution is -0.145. The SMILES string of the molecule is CNC(C)C(=O)N[C@H](C)C(=O)N1CCN(N(CC(C)C)C2CCN(C(C)=O)CC2)CC1. The number of amides is 3. The predicted molar refractivity (Wildman–Crippen MR) is 121 cm³/mol. The van der Waals surface area contributed by atoms with Crippen molar-refractivity contribution in [3.05, 3.63) is 0 Å². The van der Waals surface area contributed by atoms with Crippen molar-refractivity contribution < 1.29 is 14.4 Å². The fourth-order valence-electron chi connectivity index (χ4n) is 4.33. The van der Waals surface area contributed by atoms with Gasteiger partial charge in [-0.3, -0.25) is 14.4 Å². The van der Waals surface area contributed by atoms with Gasteiger partial charge < -0.3 is 20.4 Å². The summed E-state index contributed by atoms with van der Waals surface area (Å²) in [6.45, 7) is 15.1. The number of hydrogen-bond donors (Lipinski definition) is 2. The van der Waals surface area contributed by atoms with E-state index in [0.717, 1.165) is 45.6 Å². The fraction of sp³-hybridized carbons (Fsp3) is 0.864. The molecule has 0 aromatic heterocycles. The molecule has 2 fully saturated rings. The molecular formula is C22H42N6O3. The van der Waals surface area contributed by atoms with Gasteiger partial charge in [0.15, 0.2) is 0 Å². The molecule has 9 nitrogen and oxygen atoms in total. The molecule has 31 heavy (non-hydrogen) atoms. The van der Waals surface area contributed by atoms with Crippen molar-refractivity contribution in [2.75, 3.05) is 52.9 Å². The average molecular weight is 439 g/mol. The van der Waals surface area contributed by atoms with E-state index in [4.69, 9.17) is 0 Å². The molecule has 0 aliphatic carbocycles. The number of rotatable bonds is 8. The Morgan fingerprint density at radius 2 is 1.48 bits per heavy atom. The first kappa shape index (κ1) is 25.5. The first-order valence-electron chi connectivity index (χ1n) is 11.7. The van der Waals surface area contributed by atoms with Crippen molar-refractivity contribution in [3.8, 4) is 0 Å². The number of carbonyl (C=O) groups is 3. The molecule has 0 aromatic carbocycles. The summed E-state index contributed by atoms with van der Waals surface area (Å²) in [5.41, 5.74) is 0. The maximum absolute atomic E-state index is 12.8. The van der Waals surface area contributed by atoms with Gasteiger partial charge in [-0.05, 0) is 39.7 Å². The van der Waals surface area contributed by atoms with Crippen LogP contribution in [0, 0.1) is 5.92 Å². The van der Waals surface area contributed by atoms with Crippen molar-refractivity contribution in [2.24, 2.45) is 5.92 Å². The van der Waals surface area contributed by atoms with Crippen LogP contribution in [0.2, 0.25) is 0 Å². The summed E-state index contributed by atoms with van der Waals surface area (Å²) in [5, 5.41) is 10.6. The molecule has 2 N–H and O–H groups in total. The van der Waals surface area contributed by atoms with E-state index >= 15 is 0 Å². The highest BCUT2D eigenvalue weighted by atomic mass is 16.2. The number of piperazine rings is 1. The Balaban J connectivity index is 1.91. The maximum Gasteiger partial charge on any atom is 0.244 e. The molecular weight excluding hydrogens is 396 g/mol. The lowest BCUT2D eigenvalue weighted by Gasteiger charge is -2.47. The smallest absolute Gasteiger partial charge is 0.244 e. The third-order valence-corrected chi connectivity index (χ3v) is 6.37. The third-order valence-electron chi connectivity index (χ3n) is 6.37. The monoisotopic (exact) mass is 438 g/mol. The second kappa shape index (κ2) is 11.8. The van der Waals surface area contributed by atoms with Gasteiger partial charge in [0.2, 0.25) is 17.7 Å². The van der Waals surface area contributed by atoms with E-state index in [2.05, 4.69) is 34.5 Å². The lowest BCUT2D eigenvalue weighted by Crippen LogP contribution is -2.61. The standard InChI is InChI=1S/C22H42N6O3/c1-16(2)15-28(20-7-9-25(10-8-20)19(5)29)27-13-11-26(12-14-27)22(31)18(4)24-21(30)17(3)23-6/h16-18,20,23H,7-15H2,1-6H3,(H,24,30)/t17?,18-/m1/s1. The van der Waals surface area contributed by atoms with Gasteiger partial charge in [0.25, 0.3) is 0 Å². The van der Waals surface area contributed by atoms with Gasteiger partial charge in [-0.15, -0.1) is 0 Å². The molecule has 178 valence electrons. The van der Waals surface area contributed by atoms with Crippen LogP contribution >= 0.6 is 0 Å². The van der Waals surface area contributed by atoms with Gasteiger partial charge in [0.05, 0.1) is 6.04 Å². The summed E-state index contributed by atoms with van der Waals surface area (Å²) in [6, 6.07) is -0.426. The number of piperidine rings is 1. The Morgan fingerprint density at radius 1 is 0.903 bits per heavy atom. The van der Waals surface area contributed by atoms with E-state index in [1.165, 1.54) is 0 Å². The molecule has 2 aliphatic rings. The van der Waals surface area contributed by atoms with Crippen molar-refractivity contribution in [3.63, 3.8) is 0 Å². The zero-order chi connectivity index (χ0) is 23.1. The van der Waals surface area contributed by atoms with Crippen LogP contribution in [0.4, 0.5) is 0 Å². The summed E-state index contributed by atoms with van der Waals surface area (Å²) in [7, 11) is 1.73. The van der Waals surface area contributed by atoms with Crippen molar-refractivity contribution in [1.29, 1.82) is 0 Å². The summed E-state index contributed by atoms with van der Waals surface area (Å²) in [5.74, 6) is 0.504. The normalized spacial score (nSPS) is 20.8. The molecule has 0 aromatic rings. The van der Waals surface area contributed by atoms with Crippen molar-refractivity contribution >= 4 is 17.7 Å². The number of nitrogens with one attached hydrogen (secondary N) is 2. The second-order valence-corrected chi connectivity index (χ2v) is 9.27. The highest BCUT2D eigenvalue weighted by Gasteiger charge is 2.33. The van der Waals surface area contributed by atoms with E-state index in [9.17, 15) is 14.4 Å². The predicted octanol–water partition coefficient (Wildman–Crippen LogP) is 0.127. The molecule has 2 saturated heterocycles. The molecule has 2 rings (SSSR count). The highest BCUT2D eigenvalue weighted by molar-refractivity contribution is 5.89. The number of likely N-dealkylation sites (N-methyl/N-ethyl adjacent to an activating group) is 1. The topological polar surface area (TPSA) is 88.2 Å². The molecule has 0 spiro atoms. The van der Waals surface area contributed by atoms with Crippen LogP contribution in [0.25, 0.3) is 0 Å². The zero-order valence-corrected chi connectivity index (χ0v) is 20.2. The largest absolute Gasteiger partial charge is 0.343 e. The van der Waals surface area contributed by atoms with Crippen LogP contribution in [-0.4, -0.2) is 109 Å². The van der Waals surface area contributed by atoms with Crippen LogP contribution in [0.1, 0.15) is 47.5 Å². The molecule has 0 bridgehead atoms. The number of nitrogens with zero attached hydrogens (tertiary/aromatic N) is 4. The average Bonchev–Trinajstić information content (AvgIpc) is 2.76. The summed E-state index contributed by atoms with van der Waals surface area (Å²) < 4.78 is 0. The molecule has 2 heterocycles. The highest BCUT2D eigenvalue weighted by Crippen LogP contribution is 2.21. The van der Waals surface area contributed by atoms with E-state index < -0.39 is 6.04 Å². The van der Waals surface area contributed by atoms with Gasteiger partial charge in [-0.2, -0.15) is 0 Å². The first-order chi connectivity index (χ1) is 14.6. The van der Waals surface area contributed by atoms with Crippen LogP contribution in [0.3, 0.4) is 0 Å². The molecule has 3 amide bonds. The van der Waals surface area contributed by atoms with Crippen molar-refractivity contribution in [1.82, 2.24) is 30.5 Å². The minimum Gasteiger partial charge on any atom is -0.343 e. The molecule has 2 atom stereocenters. The number of likely N-dealkylation sites (tertiary alicyclic amines) is 1. The van der Waals surface area contributed by atoms with Crippen LogP contribution in [0.5, 0.6) is 0 Å². The van der Waals surface area contributed by atoms with Gasteiger partial charge in [0.1, 0.15) is 6.04 Å². The molecule has 9 heteroatoms. The zero-order valence-electron chi connectivity index (χ0n) is 20.2. The van der Waals surface area contributed by atoms with Crippen LogP contribution in [-0.2, 0) is 14.4 Å². The Labute approximate surface area is 187 Å². The molecule has 0 saturated carbocycles. The Morgan fingerprint density at radius 3 is 1.97 bits per heavy atom. The van der Waals surface area contributed by atoms with Gasteiger partial charge in [-0.1, -0.05) is 13.8 Å². The first-order valence-corrected chi connectivity index (χ1v) is 11.7. The molecule has 0 radical (unpaired) electrons. The van der Waals surface area contributed by atoms with E-state index in [1.807, 2.05) is 9.80 Å². The summed E-state index contributed by atoms with van der Waals surface area (Å²) in [4.78, 5) is 40.4. The van der Waals surface area contributed by atoms with Crippen LogP contribution < -0.4 is 10.6 Å². The summed E-state index contributed by atoms with van der Waals surface area (Å²) in [6.07, 6.45) is 1.97. The van der Waals surface area contributed by atoms with Gasteiger partial charge in [-0.25, -0.2) is 10.0 Å². The minimum atomic E-state index is -0.530. The van der Waals surface area contributed by atoms with E-state index in [0.29, 0.717) is 25.0 Å². The number of hydrogen-bond acceptors (Lipinski definition) is 6. The molecule has 2 aliphatic heterocycles. The van der Waals surface area contributed by atoms with Gasteiger partial charge >= 0.3 is 0 Å².